The van der Waals surface area contributed by atoms with Crippen LogP contribution in [0.1, 0.15) is 25.8 Å². The fraction of sp³-hybridized carbons (Fsp3) is 0.562. The monoisotopic (exact) mass is 272 g/mol. The summed E-state index contributed by atoms with van der Waals surface area (Å²) in [6, 6.07) is 11.3. The van der Waals surface area contributed by atoms with Crippen molar-refractivity contribution in [2.75, 3.05) is 19.6 Å². The Kier molecular flexibility index (Phi) is 3.42. The SMILES string of the molecule is CCN1C(N)=NCC12CC(C)N(Cc1ccccc1)C2. The minimum atomic E-state index is 0.132. The van der Waals surface area contributed by atoms with Crippen molar-refractivity contribution in [3.63, 3.8) is 0 Å². The van der Waals surface area contributed by atoms with E-state index < -0.39 is 0 Å². The van der Waals surface area contributed by atoms with Crippen molar-refractivity contribution in [3.8, 4) is 0 Å². The Morgan fingerprint density at radius 1 is 1.35 bits per heavy atom. The molecular weight excluding hydrogens is 248 g/mol. The van der Waals surface area contributed by atoms with Crippen LogP contribution in [0.3, 0.4) is 0 Å². The smallest absolute Gasteiger partial charge is 0.191 e. The summed E-state index contributed by atoms with van der Waals surface area (Å²) in [6.45, 7) is 8.35. The van der Waals surface area contributed by atoms with Crippen LogP contribution >= 0.6 is 0 Å². The van der Waals surface area contributed by atoms with Crippen LogP contribution in [0.4, 0.5) is 0 Å². The molecule has 0 amide bonds. The molecule has 2 atom stereocenters. The van der Waals surface area contributed by atoms with Crippen molar-refractivity contribution in [2.24, 2.45) is 10.7 Å². The Labute approximate surface area is 121 Å². The fourth-order valence-corrected chi connectivity index (χ4v) is 3.76. The molecule has 0 bridgehead atoms. The number of aliphatic imine (C=N–C) groups is 1. The van der Waals surface area contributed by atoms with Crippen molar-refractivity contribution in [1.82, 2.24) is 9.80 Å². The van der Waals surface area contributed by atoms with Gasteiger partial charge in [0.1, 0.15) is 0 Å². The van der Waals surface area contributed by atoms with Gasteiger partial charge in [-0.2, -0.15) is 0 Å². The molecule has 1 aromatic carbocycles. The summed E-state index contributed by atoms with van der Waals surface area (Å²) in [7, 11) is 0. The van der Waals surface area contributed by atoms with Crippen molar-refractivity contribution in [2.45, 2.75) is 38.4 Å². The summed E-state index contributed by atoms with van der Waals surface area (Å²) in [5.41, 5.74) is 7.56. The first-order chi connectivity index (χ1) is 9.64. The molecule has 1 fully saturated rings. The lowest BCUT2D eigenvalue weighted by molar-refractivity contribution is 0.195. The van der Waals surface area contributed by atoms with Crippen LogP contribution in [0.25, 0.3) is 0 Å². The van der Waals surface area contributed by atoms with Gasteiger partial charge in [0.05, 0.1) is 12.1 Å². The Morgan fingerprint density at radius 3 is 2.80 bits per heavy atom. The maximum absolute atomic E-state index is 6.04. The molecule has 2 aliphatic rings. The van der Waals surface area contributed by atoms with Gasteiger partial charge in [0.2, 0.25) is 0 Å². The Hall–Kier alpha value is -1.55. The van der Waals surface area contributed by atoms with Gasteiger partial charge in [0, 0.05) is 25.7 Å². The van der Waals surface area contributed by atoms with Gasteiger partial charge in [-0.25, -0.2) is 0 Å². The fourth-order valence-electron chi connectivity index (χ4n) is 3.76. The predicted molar refractivity (Wildman–Crippen MR) is 82.5 cm³/mol. The standard InChI is InChI=1S/C16H24N4/c1-3-20-15(17)18-11-16(20)9-13(2)19(12-16)10-14-7-5-4-6-8-14/h4-8,13H,3,9-12H2,1-2H3,(H2,17,18). The normalized spacial score (nSPS) is 30.2. The van der Waals surface area contributed by atoms with Gasteiger partial charge in [0.15, 0.2) is 5.96 Å². The Morgan fingerprint density at radius 2 is 2.10 bits per heavy atom. The molecule has 3 rings (SSSR count). The maximum atomic E-state index is 6.04. The molecule has 4 nitrogen and oxygen atoms in total. The second kappa shape index (κ2) is 5.09. The highest BCUT2D eigenvalue weighted by Crippen LogP contribution is 2.36. The summed E-state index contributed by atoms with van der Waals surface area (Å²) in [4.78, 5) is 9.36. The van der Waals surface area contributed by atoms with E-state index in [4.69, 9.17) is 5.73 Å². The zero-order valence-corrected chi connectivity index (χ0v) is 12.4. The van der Waals surface area contributed by atoms with E-state index in [1.807, 2.05) is 0 Å². The number of hydrogen-bond donors (Lipinski definition) is 1. The van der Waals surface area contributed by atoms with Gasteiger partial charge >= 0.3 is 0 Å². The van der Waals surface area contributed by atoms with Crippen molar-refractivity contribution in [1.29, 1.82) is 0 Å². The number of guanidine groups is 1. The minimum absolute atomic E-state index is 0.132. The molecule has 2 N–H and O–H groups in total. The summed E-state index contributed by atoms with van der Waals surface area (Å²) in [5, 5.41) is 0. The summed E-state index contributed by atoms with van der Waals surface area (Å²) in [5.74, 6) is 0.723. The van der Waals surface area contributed by atoms with Gasteiger partial charge < -0.3 is 10.6 Å². The number of nitrogens with two attached hydrogens (primary N) is 1. The van der Waals surface area contributed by atoms with Crippen LogP contribution in [0.2, 0.25) is 0 Å². The lowest BCUT2D eigenvalue weighted by Gasteiger charge is -2.35. The average molecular weight is 272 g/mol. The molecule has 2 unspecified atom stereocenters. The van der Waals surface area contributed by atoms with Gasteiger partial charge in [-0.05, 0) is 25.8 Å². The molecule has 2 aliphatic heterocycles. The van der Waals surface area contributed by atoms with Crippen molar-refractivity contribution < 1.29 is 0 Å². The molecule has 0 aliphatic carbocycles. The van der Waals surface area contributed by atoms with E-state index in [1.54, 1.807) is 0 Å². The van der Waals surface area contributed by atoms with Gasteiger partial charge in [-0.1, -0.05) is 30.3 Å². The van der Waals surface area contributed by atoms with Gasteiger partial charge in [-0.3, -0.25) is 9.89 Å². The largest absolute Gasteiger partial charge is 0.370 e. The number of likely N-dealkylation sites (N-methyl/N-ethyl adjacent to an activating group) is 1. The highest BCUT2D eigenvalue weighted by molar-refractivity contribution is 5.81. The molecule has 0 aromatic heterocycles. The number of likely N-dealkylation sites (tertiary alicyclic amines) is 1. The molecule has 2 heterocycles. The van der Waals surface area contributed by atoms with Crippen LogP contribution < -0.4 is 5.73 Å². The first-order valence-corrected chi connectivity index (χ1v) is 7.50. The molecule has 1 saturated heterocycles. The second-order valence-electron chi connectivity index (χ2n) is 6.09. The molecular formula is C16H24N4. The summed E-state index contributed by atoms with van der Waals surface area (Å²) in [6.07, 6.45) is 1.15. The zero-order chi connectivity index (χ0) is 14.2. The Balaban J connectivity index is 1.74. The third kappa shape index (κ3) is 2.18. The van der Waals surface area contributed by atoms with E-state index in [-0.39, 0.29) is 5.54 Å². The third-order valence-corrected chi connectivity index (χ3v) is 4.73. The van der Waals surface area contributed by atoms with Crippen LogP contribution in [0.15, 0.2) is 35.3 Å². The van der Waals surface area contributed by atoms with E-state index in [0.717, 1.165) is 38.6 Å². The number of benzene rings is 1. The average Bonchev–Trinajstić information content (AvgIpc) is 2.92. The van der Waals surface area contributed by atoms with Crippen LogP contribution in [-0.4, -0.2) is 47.0 Å². The second-order valence-corrected chi connectivity index (χ2v) is 6.09. The molecule has 1 aromatic rings. The summed E-state index contributed by atoms with van der Waals surface area (Å²) >= 11 is 0. The third-order valence-electron chi connectivity index (χ3n) is 4.73. The lowest BCUT2D eigenvalue weighted by Crippen LogP contribution is -2.53. The lowest BCUT2D eigenvalue weighted by atomic mass is 9.95. The highest BCUT2D eigenvalue weighted by Gasteiger charge is 2.49. The number of rotatable bonds is 3. The molecule has 0 radical (unpaired) electrons. The topological polar surface area (TPSA) is 44.9 Å². The van der Waals surface area contributed by atoms with E-state index in [1.165, 1.54) is 5.56 Å². The van der Waals surface area contributed by atoms with E-state index in [2.05, 4.69) is 59.0 Å². The minimum Gasteiger partial charge on any atom is -0.370 e. The maximum Gasteiger partial charge on any atom is 0.191 e. The highest BCUT2D eigenvalue weighted by atomic mass is 15.4. The predicted octanol–water partition coefficient (Wildman–Crippen LogP) is 1.67. The molecule has 4 heteroatoms. The molecule has 20 heavy (non-hydrogen) atoms. The zero-order valence-electron chi connectivity index (χ0n) is 12.4. The van der Waals surface area contributed by atoms with E-state index >= 15 is 0 Å². The summed E-state index contributed by atoms with van der Waals surface area (Å²) < 4.78 is 0. The van der Waals surface area contributed by atoms with Crippen molar-refractivity contribution in [3.05, 3.63) is 35.9 Å². The number of nitrogens with zero attached hydrogens (tertiary/aromatic N) is 3. The molecule has 108 valence electrons. The van der Waals surface area contributed by atoms with Crippen LogP contribution in [0, 0.1) is 0 Å². The quantitative estimate of drug-likeness (QED) is 0.910. The van der Waals surface area contributed by atoms with Gasteiger partial charge in [0.25, 0.3) is 0 Å². The van der Waals surface area contributed by atoms with Crippen LogP contribution in [0.5, 0.6) is 0 Å². The van der Waals surface area contributed by atoms with E-state index in [9.17, 15) is 0 Å². The molecule has 1 spiro atoms. The first-order valence-electron chi connectivity index (χ1n) is 7.50. The first kappa shape index (κ1) is 13.4. The number of hydrogen-bond acceptors (Lipinski definition) is 4. The Bertz CT molecular complexity index is 498. The van der Waals surface area contributed by atoms with Gasteiger partial charge in [-0.15, -0.1) is 0 Å². The van der Waals surface area contributed by atoms with Crippen LogP contribution in [-0.2, 0) is 6.54 Å². The molecule has 0 saturated carbocycles. The van der Waals surface area contributed by atoms with Crippen molar-refractivity contribution >= 4 is 5.96 Å². The van der Waals surface area contributed by atoms with E-state index in [0.29, 0.717) is 6.04 Å².